The first-order chi connectivity index (χ1) is 18.9. The normalized spacial score (nSPS) is 12.2. The van der Waals surface area contributed by atoms with Crippen molar-refractivity contribution in [2.75, 3.05) is 0 Å². The van der Waals surface area contributed by atoms with E-state index in [1.165, 1.54) is 28.9 Å². The number of hydrogen-bond acceptors (Lipinski definition) is 3. The second kappa shape index (κ2) is 8.77. The van der Waals surface area contributed by atoms with Gasteiger partial charge in [0.15, 0.2) is 0 Å². The summed E-state index contributed by atoms with van der Waals surface area (Å²) in [6, 6.07) is 27.6. The Bertz CT molecular complexity index is 2020. The van der Waals surface area contributed by atoms with E-state index in [4.69, 9.17) is 14.4 Å². The number of benzene rings is 4. The molecule has 39 heavy (non-hydrogen) atoms. The van der Waals surface area contributed by atoms with Crippen LogP contribution in [0.4, 0.5) is 4.39 Å². The number of nitrogens with zero attached hydrogens (tertiary/aromatic N) is 3. The minimum Gasteiger partial charge on any atom is -0.437 e. The van der Waals surface area contributed by atoms with E-state index in [0.717, 1.165) is 44.2 Å². The molecule has 192 valence electrons. The molecule has 0 saturated carbocycles. The molecule has 0 aliphatic rings. The zero-order valence-electron chi connectivity index (χ0n) is 22.4. The number of rotatable bonds is 4. The monoisotopic (exact) mass is 513 g/mol. The van der Waals surface area contributed by atoms with E-state index >= 15 is 0 Å². The topological polar surface area (TPSA) is 43.9 Å². The van der Waals surface area contributed by atoms with Crippen molar-refractivity contribution in [3.63, 3.8) is 0 Å². The molecule has 0 aliphatic heterocycles. The molecule has 3 aromatic heterocycles. The van der Waals surface area contributed by atoms with E-state index < -0.39 is 0 Å². The zero-order chi connectivity index (χ0) is 26.8. The summed E-state index contributed by atoms with van der Waals surface area (Å²) in [5, 5.41) is 2.54. The predicted molar refractivity (Wildman–Crippen MR) is 157 cm³/mol. The first kappa shape index (κ1) is 23.6. The molecular weight excluding hydrogens is 485 g/mol. The van der Waals surface area contributed by atoms with Crippen molar-refractivity contribution in [2.45, 2.75) is 39.5 Å². The Labute approximate surface area is 225 Å². The minimum absolute atomic E-state index is 0.282. The van der Waals surface area contributed by atoms with Crippen LogP contribution in [0.2, 0.25) is 0 Å². The molecule has 3 heterocycles. The first-order valence-electron chi connectivity index (χ1n) is 13.4. The fourth-order valence-corrected chi connectivity index (χ4v) is 5.74. The highest BCUT2D eigenvalue weighted by molar-refractivity contribution is 6.11. The fraction of sp³-hybridized carbons (Fsp3) is 0.176. The van der Waals surface area contributed by atoms with Gasteiger partial charge in [-0.2, -0.15) is 0 Å². The van der Waals surface area contributed by atoms with E-state index in [-0.39, 0.29) is 5.82 Å². The molecule has 7 aromatic rings. The highest BCUT2D eigenvalue weighted by atomic mass is 19.1. The largest absolute Gasteiger partial charge is 0.437 e. The van der Waals surface area contributed by atoms with E-state index in [9.17, 15) is 4.39 Å². The molecule has 0 aliphatic carbocycles. The van der Waals surface area contributed by atoms with E-state index in [1.54, 1.807) is 6.07 Å². The summed E-state index contributed by atoms with van der Waals surface area (Å²) in [6.45, 7) is 8.95. The van der Waals surface area contributed by atoms with Crippen LogP contribution < -0.4 is 0 Å². The Kier molecular flexibility index (Phi) is 5.31. The summed E-state index contributed by atoms with van der Waals surface area (Å²) in [6.07, 6.45) is 0. The van der Waals surface area contributed by atoms with Crippen LogP contribution in [0.15, 0.2) is 89.3 Å². The maximum atomic E-state index is 14.0. The summed E-state index contributed by atoms with van der Waals surface area (Å²) in [5.74, 6) is 1.19. The Morgan fingerprint density at radius 3 is 2.23 bits per heavy atom. The molecule has 0 spiro atoms. The summed E-state index contributed by atoms with van der Waals surface area (Å²) in [5.41, 5.74) is 8.55. The number of halogens is 1. The average Bonchev–Trinajstić information content (AvgIpc) is 3.49. The Hall–Kier alpha value is -4.51. The molecule has 0 bridgehead atoms. The van der Waals surface area contributed by atoms with Gasteiger partial charge in [-0.3, -0.25) is 4.57 Å². The molecule has 0 radical (unpaired) electrons. The Morgan fingerprint density at radius 1 is 0.718 bits per heavy atom. The number of hydrogen-bond donors (Lipinski definition) is 0. The van der Waals surface area contributed by atoms with Crippen molar-refractivity contribution in [1.82, 2.24) is 14.5 Å². The molecule has 0 saturated heterocycles. The van der Waals surface area contributed by atoms with Gasteiger partial charge in [0.1, 0.15) is 17.2 Å². The summed E-state index contributed by atoms with van der Waals surface area (Å²) < 4.78 is 22.8. The highest BCUT2D eigenvalue weighted by Crippen LogP contribution is 2.41. The van der Waals surface area contributed by atoms with Gasteiger partial charge in [0.05, 0.1) is 27.8 Å². The van der Waals surface area contributed by atoms with E-state index in [0.29, 0.717) is 23.1 Å². The van der Waals surface area contributed by atoms with Crippen LogP contribution in [-0.2, 0) is 0 Å². The predicted octanol–water partition coefficient (Wildman–Crippen LogP) is 9.53. The lowest BCUT2D eigenvalue weighted by molar-refractivity contribution is 0.629. The maximum absolute atomic E-state index is 14.0. The number of aromatic nitrogens is 3. The van der Waals surface area contributed by atoms with Gasteiger partial charge in [-0.05, 0) is 65.4 Å². The second-order valence-electron chi connectivity index (χ2n) is 10.8. The lowest BCUT2D eigenvalue weighted by Gasteiger charge is -2.22. The van der Waals surface area contributed by atoms with Crippen LogP contribution >= 0.6 is 0 Å². The summed E-state index contributed by atoms with van der Waals surface area (Å²) in [4.78, 5) is 9.91. The minimum atomic E-state index is -0.282. The molecule has 0 amide bonds. The van der Waals surface area contributed by atoms with Gasteiger partial charge in [0.2, 0.25) is 5.71 Å². The van der Waals surface area contributed by atoms with Crippen molar-refractivity contribution in [3.05, 3.63) is 102 Å². The second-order valence-corrected chi connectivity index (χ2v) is 10.8. The van der Waals surface area contributed by atoms with Crippen molar-refractivity contribution in [3.8, 4) is 17.1 Å². The van der Waals surface area contributed by atoms with Crippen LogP contribution in [0.3, 0.4) is 0 Å². The third-order valence-corrected chi connectivity index (χ3v) is 7.61. The maximum Gasteiger partial charge on any atom is 0.227 e. The quantitative estimate of drug-likeness (QED) is 0.235. The number of fused-ring (bicyclic) bond motifs is 5. The van der Waals surface area contributed by atoms with Crippen molar-refractivity contribution >= 4 is 44.0 Å². The highest BCUT2D eigenvalue weighted by Gasteiger charge is 2.24. The van der Waals surface area contributed by atoms with Crippen LogP contribution in [0.1, 0.15) is 50.7 Å². The molecular formula is C34H28FN3O. The molecule has 0 atom stereocenters. The SMILES string of the molecule is CC(C)c1cccc(C(C)C)c1-n1c(-c2cccc3c2oc2nc4ccc(F)cc4cc23)nc2ccccc21. The molecule has 0 N–H and O–H groups in total. The number of furan rings is 1. The Morgan fingerprint density at radius 2 is 1.46 bits per heavy atom. The summed E-state index contributed by atoms with van der Waals surface area (Å²) in [7, 11) is 0. The third-order valence-electron chi connectivity index (χ3n) is 7.61. The number of imidazole rings is 1. The molecule has 7 rings (SSSR count). The van der Waals surface area contributed by atoms with Crippen LogP contribution in [0, 0.1) is 5.82 Å². The molecule has 4 aromatic carbocycles. The zero-order valence-corrected chi connectivity index (χ0v) is 22.4. The average molecular weight is 514 g/mol. The van der Waals surface area contributed by atoms with Gasteiger partial charge < -0.3 is 4.42 Å². The lowest BCUT2D eigenvalue weighted by atomic mass is 9.92. The third kappa shape index (κ3) is 3.64. The van der Waals surface area contributed by atoms with Crippen LogP contribution in [0.25, 0.3) is 61.1 Å². The van der Waals surface area contributed by atoms with Gasteiger partial charge in [-0.15, -0.1) is 0 Å². The van der Waals surface area contributed by atoms with Gasteiger partial charge in [-0.1, -0.05) is 70.2 Å². The van der Waals surface area contributed by atoms with Gasteiger partial charge in [-0.25, -0.2) is 14.4 Å². The van der Waals surface area contributed by atoms with Crippen molar-refractivity contribution in [1.29, 1.82) is 0 Å². The van der Waals surface area contributed by atoms with Crippen LogP contribution in [-0.4, -0.2) is 14.5 Å². The standard InChI is InChI=1S/C34H28FN3O/c1-19(2)23-9-7-10-24(20(3)4)31(23)38-30-14-6-5-13-29(30)36-33(38)26-12-8-11-25-27-18-21-17-22(35)15-16-28(21)37-34(27)39-32(25)26/h5-20H,1-4H3. The van der Waals surface area contributed by atoms with Gasteiger partial charge >= 0.3 is 0 Å². The molecule has 4 nitrogen and oxygen atoms in total. The van der Waals surface area contributed by atoms with Gasteiger partial charge in [0.25, 0.3) is 0 Å². The van der Waals surface area contributed by atoms with Crippen molar-refractivity contribution < 1.29 is 8.81 Å². The Balaban J connectivity index is 1.59. The summed E-state index contributed by atoms with van der Waals surface area (Å²) >= 11 is 0. The fourth-order valence-electron chi connectivity index (χ4n) is 5.74. The van der Waals surface area contributed by atoms with Gasteiger partial charge in [0, 0.05) is 16.2 Å². The van der Waals surface area contributed by atoms with Crippen LogP contribution in [0.5, 0.6) is 0 Å². The van der Waals surface area contributed by atoms with Crippen molar-refractivity contribution in [2.24, 2.45) is 0 Å². The van der Waals surface area contributed by atoms with E-state index in [1.807, 2.05) is 24.3 Å². The molecule has 5 heteroatoms. The molecule has 0 unspecified atom stereocenters. The number of para-hydroxylation sites is 4. The lowest BCUT2D eigenvalue weighted by Crippen LogP contribution is -2.08. The molecule has 0 fully saturated rings. The smallest absolute Gasteiger partial charge is 0.227 e. The number of pyridine rings is 1. The van der Waals surface area contributed by atoms with E-state index in [2.05, 4.69) is 74.7 Å². The first-order valence-corrected chi connectivity index (χ1v) is 13.4.